The van der Waals surface area contributed by atoms with Crippen LogP contribution in [0.5, 0.6) is 0 Å². The molecule has 2 rings (SSSR count). The summed E-state index contributed by atoms with van der Waals surface area (Å²) in [5.74, 6) is 1.95. The molecule has 1 heterocycles. The number of nitrogens with one attached hydrogen (secondary N) is 1. The van der Waals surface area contributed by atoms with E-state index in [0.717, 1.165) is 22.3 Å². The van der Waals surface area contributed by atoms with Crippen LogP contribution in [-0.4, -0.2) is 22.0 Å². The number of thioether (sulfide) groups is 1. The Morgan fingerprint density at radius 1 is 1.47 bits per heavy atom. The Morgan fingerprint density at radius 3 is 2.95 bits per heavy atom. The third kappa shape index (κ3) is 3.42. The van der Waals surface area contributed by atoms with E-state index in [1.54, 1.807) is 0 Å². The zero-order valence-corrected chi connectivity index (χ0v) is 12.7. The van der Waals surface area contributed by atoms with E-state index >= 15 is 0 Å². The molecule has 19 heavy (non-hydrogen) atoms. The van der Waals surface area contributed by atoms with Gasteiger partial charge in [0.15, 0.2) is 0 Å². The smallest absolute Gasteiger partial charge is 0.144 e. The van der Waals surface area contributed by atoms with Crippen molar-refractivity contribution in [2.45, 2.75) is 51.3 Å². The van der Waals surface area contributed by atoms with Crippen molar-refractivity contribution >= 4 is 17.6 Å². The fourth-order valence-electron chi connectivity index (χ4n) is 2.73. The van der Waals surface area contributed by atoms with Gasteiger partial charge in [-0.1, -0.05) is 6.92 Å². The quantitative estimate of drug-likeness (QED) is 0.911. The highest BCUT2D eigenvalue weighted by Crippen LogP contribution is 2.32. The molecule has 0 radical (unpaired) electrons. The van der Waals surface area contributed by atoms with Gasteiger partial charge in [0.1, 0.15) is 11.9 Å². The molecule has 1 aliphatic carbocycles. The largest absolute Gasteiger partial charge is 0.366 e. The topological polar surface area (TPSA) is 48.7 Å². The van der Waals surface area contributed by atoms with Gasteiger partial charge in [0.2, 0.25) is 0 Å². The molecule has 1 N–H and O–H groups in total. The molecule has 2 unspecified atom stereocenters. The Bertz CT molecular complexity index is 493. The summed E-state index contributed by atoms with van der Waals surface area (Å²) in [4.78, 5) is 4.50. The summed E-state index contributed by atoms with van der Waals surface area (Å²) in [7, 11) is 0. The van der Waals surface area contributed by atoms with Gasteiger partial charge in [-0.2, -0.15) is 17.0 Å². The minimum atomic E-state index is 0.463. The molecule has 4 heteroatoms. The maximum atomic E-state index is 9.27. The Balaban J connectivity index is 2.10. The lowest BCUT2D eigenvalue weighted by molar-refractivity contribution is 0.750. The van der Waals surface area contributed by atoms with Crippen molar-refractivity contribution in [3.63, 3.8) is 0 Å². The molecule has 0 aromatic carbocycles. The predicted molar refractivity (Wildman–Crippen MR) is 81.6 cm³/mol. The minimum absolute atomic E-state index is 0.463. The standard InChI is InChI=1S/C15H21N3S/c1-4-19-13-6-5-12(8-13)18-15-14(9-16)10(2)7-11(3)17-15/h7,12-13H,4-6,8H2,1-3H3,(H,17,18). The second-order valence-corrected chi connectivity index (χ2v) is 6.72. The number of hydrogen-bond donors (Lipinski definition) is 1. The number of aryl methyl sites for hydroxylation is 2. The van der Waals surface area contributed by atoms with Crippen molar-refractivity contribution in [3.05, 3.63) is 22.9 Å². The van der Waals surface area contributed by atoms with Crippen molar-refractivity contribution in [2.24, 2.45) is 0 Å². The van der Waals surface area contributed by atoms with E-state index in [4.69, 9.17) is 0 Å². The second kappa shape index (κ2) is 6.29. The van der Waals surface area contributed by atoms with E-state index in [1.165, 1.54) is 25.0 Å². The van der Waals surface area contributed by atoms with Gasteiger partial charge < -0.3 is 5.32 Å². The summed E-state index contributed by atoms with van der Waals surface area (Å²) in [5.41, 5.74) is 2.67. The molecule has 1 fully saturated rings. The van der Waals surface area contributed by atoms with Gasteiger partial charge in [-0.15, -0.1) is 0 Å². The van der Waals surface area contributed by atoms with Crippen molar-refractivity contribution < 1.29 is 0 Å². The van der Waals surface area contributed by atoms with Crippen LogP contribution in [0, 0.1) is 25.2 Å². The first-order valence-electron chi connectivity index (χ1n) is 6.90. The van der Waals surface area contributed by atoms with Gasteiger partial charge in [0.05, 0.1) is 5.56 Å². The number of rotatable bonds is 4. The van der Waals surface area contributed by atoms with Crippen LogP contribution in [0.1, 0.15) is 43.0 Å². The average molecular weight is 275 g/mol. The van der Waals surface area contributed by atoms with Gasteiger partial charge in [-0.3, -0.25) is 0 Å². The van der Waals surface area contributed by atoms with E-state index in [1.807, 2.05) is 31.7 Å². The predicted octanol–water partition coefficient (Wildman–Crippen LogP) is 3.66. The van der Waals surface area contributed by atoms with Crippen molar-refractivity contribution in [3.8, 4) is 6.07 Å². The zero-order chi connectivity index (χ0) is 13.8. The molecular formula is C15H21N3S. The highest BCUT2D eigenvalue weighted by molar-refractivity contribution is 7.99. The van der Waals surface area contributed by atoms with Crippen molar-refractivity contribution in [2.75, 3.05) is 11.1 Å². The SMILES string of the molecule is CCSC1CCC(Nc2nc(C)cc(C)c2C#N)C1. The second-order valence-electron chi connectivity index (χ2n) is 5.15. The molecule has 0 aliphatic heterocycles. The summed E-state index contributed by atoms with van der Waals surface area (Å²) < 4.78 is 0. The van der Waals surface area contributed by atoms with Crippen LogP contribution in [0.3, 0.4) is 0 Å². The van der Waals surface area contributed by atoms with Crippen LogP contribution in [0.25, 0.3) is 0 Å². The number of pyridine rings is 1. The van der Waals surface area contributed by atoms with Crippen molar-refractivity contribution in [1.29, 1.82) is 5.26 Å². The molecule has 0 spiro atoms. The lowest BCUT2D eigenvalue weighted by atomic mass is 10.1. The minimum Gasteiger partial charge on any atom is -0.366 e. The molecule has 1 aromatic heterocycles. The molecule has 102 valence electrons. The van der Waals surface area contributed by atoms with Gasteiger partial charge in [-0.05, 0) is 50.5 Å². The van der Waals surface area contributed by atoms with E-state index in [-0.39, 0.29) is 0 Å². The molecule has 0 bridgehead atoms. The Morgan fingerprint density at radius 2 is 2.26 bits per heavy atom. The van der Waals surface area contributed by atoms with Gasteiger partial charge >= 0.3 is 0 Å². The van der Waals surface area contributed by atoms with Crippen LogP contribution in [-0.2, 0) is 0 Å². The van der Waals surface area contributed by atoms with E-state index in [0.29, 0.717) is 11.6 Å². The summed E-state index contributed by atoms with van der Waals surface area (Å²) in [6, 6.07) is 4.70. The van der Waals surface area contributed by atoms with Crippen LogP contribution < -0.4 is 5.32 Å². The number of nitriles is 1. The lowest BCUT2D eigenvalue weighted by Gasteiger charge is -2.16. The van der Waals surface area contributed by atoms with Crippen LogP contribution in [0.4, 0.5) is 5.82 Å². The first kappa shape index (κ1) is 14.2. The summed E-state index contributed by atoms with van der Waals surface area (Å²) in [6.07, 6.45) is 3.62. The molecule has 1 saturated carbocycles. The van der Waals surface area contributed by atoms with Gasteiger partial charge in [0.25, 0.3) is 0 Å². The number of aromatic nitrogens is 1. The van der Waals surface area contributed by atoms with E-state index in [2.05, 4.69) is 23.3 Å². The molecule has 3 nitrogen and oxygen atoms in total. The normalized spacial score (nSPS) is 22.2. The highest BCUT2D eigenvalue weighted by atomic mass is 32.2. The molecule has 1 aromatic rings. The number of anilines is 1. The number of nitrogens with zero attached hydrogens (tertiary/aromatic N) is 2. The van der Waals surface area contributed by atoms with Crippen LogP contribution >= 0.6 is 11.8 Å². The molecule has 0 amide bonds. The van der Waals surface area contributed by atoms with E-state index in [9.17, 15) is 5.26 Å². The first-order chi connectivity index (χ1) is 9.13. The fourth-order valence-corrected chi connectivity index (χ4v) is 3.88. The molecule has 0 saturated heterocycles. The number of hydrogen-bond acceptors (Lipinski definition) is 4. The average Bonchev–Trinajstić information content (AvgIpc) is 2.76. The maximum absolute atomic E-state index is 9.27. The summed E-state index contributed by atoms with van der Waals surface area (Å²) in [6.45, 7) is 6.16. The highest BCUT2D eigenvalue weighted by Gasteiger charge is 2.25. The Hall–Kier alpha value is -1.21. The molecule has 2 atom stereocenters. The Kier molecular flexibility index (Phi) is 4.71. The maximum Gasteiger partial charge on any atom is 0.144 e. The van der Waals surface area contributed by atoms with Crippen LogP contribution in [0.2, 0.25) is 0 Å². The molecular weight excluding hydrogens is 254 g/mol. The third-order valence-corrected chi connectivity index (χ3v) is 4.82. The fraction of sp³-hybridized carbons (Fsp3) is 0.600. The molecule has 1 aliphatic rings. The van der Waals surface area contributed by atoms with Crippen molar-refractivity contribution in [1.82, 2.24) is 4.98 Å². The summed E-state index contributed by atoms with van der Waals surface area (Å²) in [5, 5.41) is 13.5. The zero-order valence-electron chi connectivity index (χ0n) is 11.9. The van der Waals surface area contributed by atoms with Crippen LogP contribution in [0.15, 0.2) is 6.07 Å². The first-order valence-corrected chi connectivity index (χ1v) is 7.95. The van der Waals surface area contributed by atoms with E-state index < -0.39 is 0 Å². The van der Waals surface area contributed by atoms with Gasteiger partial charge in [0, 0.05) is 17.0 Å². The lowest BCUT2D eigenvalue weighted by Crippen LogP contribution is -2.18. The summed E-state index contributed by atoms with van der Waals surface area (Å²) >= 11 is 2.04. The van der Waals surface area contributed by atoms with Gasteiger partial charge in [-0.25, -0.2) is 4.98 Å². The third-order valence-electron chi connectivity index (χ3n) is 3.58. The Labute approximate surface area is 119 Å². The monoisotopic (exact) mass is 275 g/mol.